The van der Waals surface area contributed by atoms with Crippen molar-refractivity contribution in [2.45, 2.75) is 17.7 Å². The molecule has 174 valence electrons. The van der Waals surface area contributed by atoms with Crippen LogP contribution in [-0.4, -0.2) is 40.6 Å². The van der Waals surface area contributed by atoms with E-state index in [4.69, 9.17) is 9.47 Å². The van der Waals surface area contributed by atoms with E-state index in [1.807, 2.05) is 31.2 Å². The van der Waals surface area contributed by atoms with E-state index in [1.54, 1.807) is 41.8 Å². The zero-order valence-corrected chi connectivity index (χ0v) is 19.8. The van der Waals surface area contributed by atoms with Crippen LogP contribution in [0.1, 0.15) is 11.1 Å². The van der Waals surface area contributed by atoms with E-state index in [2.05, 4.69) is 5.32 Å². The number of anilines is 1. The van der Waals surface area contributed by atoms with E-state index in [0.29, 0.717) is 18.0 Å². The smallest absolute Gasteiger partial charge is 0.344 e. The molecule has 0 saturated carbocycles. The summed E-state index contributed by atoms with van der Waals surface area (Å²) in [6.07, 6.45) is 0. The van der Waals surface area contributed by atoms with Crippen LogP contribution in [0.15, 0.2) is 70.3 Å². The van der Waals surface area contributed by atoms with E-state index >= 15 is 0 Å². The van der Waals surface area contributed by atoms with Crippen molar-refractivity contribution in [3.63, 3.8) is 0 Å². The van der Waals surface area contributed by atoms with Gasteiger partial charge in [-0.25, -0.2) is 13.2 Å². The van der Waals surface area contributed by atoms with Gasteiger partial charge in [-0.05, 0) is 48.2 Å². The number of nitrogens with zero attached hydrogens (tertiary/aromatic N) is 1. The van der Waals surface area contributed by atoms with Crippen LogP contribution in [0.2, 0.25) is 0 Å². The summed E-state index contributed by atoms with van der Waals surface area (Å²) in [5.41, 5.74) is 2.52. The van der Waals surface area contributed by atoms with Crippen molar-refractivity contribution in [2.75, 3.05) is 24.6 Å². The number of thiophene rings is 1. The Bertz CT molecular complexity index is 1170. The zero-order valence-electron chi connectivity index (χ0n) is 18.2. The van der Waals surface area contributed by atoms with Gasteiger partial charge in [-0.3, -0.25) is 9.10 Å². The summed E-state index contributed by atoms with van der Waals surface area (Å²) in [5.74, 6) is -0.744. The standard InChI is InChI=1S/C23H24N2O6S2/c1-17-5-7-18(8-6-17)14-24-21(26)15-31-22(27)16-30-20-11-9-19(10-12-20)25(2)33(28,29)23-4-3-13-32-23/h3-13H,14-16H2,1-2H3,(H,24,26). The molecular weight excluding hydrogens is 464 g/mol. The van der Waals surface area contributed by atoms with E-state index in [1.165, 1.54) is 11.4 Å². The largest absolute Gasteiger partial charge is 0.482 e. The normalized spacial score (nSPS) is 11.0. The first-order chi connectivity index (χ1) is 15.8. The number of hydrogen-bond acceptors (Lipinski definition) is 7. The van der Waals surface area contributed by atoms with Gasteiger partial charge in [0.1, 0.15) is 9.96 Å². The van der Waals surface area contributed by atoms with Crippen LogP contribution in [0.25, 0.3) is 0 Å². The molecule has 1 amide bonds. The summed E-state index contributed by atoms with van der Waals surface area (Å²) in [6.45, 7) is 1.54. The van der Waals surface area contributed by atoms with Gasteiger partial charge < -0.3 is 14.8 Å². The highest BCUT2D eigenvalue weighted by molar-refractivity contribution is 7.94. The van der Waals surface area contributed by atoms with E-state index in [9.17, 15) is 18.0 Å². The summed E-state index contributed by atoms with van der Waals surface area (Å²) in [7, 11) is -2.16. The van der Waals surface area contributed by atoms with Gasteiger partial charge in [-0.15, -0.1) is 11.3 Å². The molecule has 1 N–H and O–H groups in total. The number of carbonyl (C=O) groups excluding carboxylic acids is 2. The second kappa shape index (κ2) is 11.0. The van der Waals surface area contributed by atoms with Crippen LogP contribution >= 0.6 is 11.3 Å². The summed E-state index contributed by atoms with van der Waals surface area (Å²) in [5, 5.41) is 4.38. The number of sulfonamides is 1. The number of aryl methyl sites for hydroxylation is 1. The van der Waals surface area contributed by atoms with Gasteiger partial charge in [0.15, 0.2) is 13.2 Å². The molecule has 3 aromatic rings. The molecule has 0 aliphatic carbocycles. The molecule has 0 unspecified atom stereocenters. The summed E-state index contributed by atoms with van der Waals surface area (Å²) < 4.78 is 36.8. The van der Waals surface area contributed by atoms with Crippen molar-refractivity contribution in [3.8, 4) is 5.75 Å². The SMILES string of the molecule is Cc1ccc(CNC(=O)COC(=O)COc2ccc(N(C)S(=O)(=O)c3cccs3)cc2)cc1. The molecule has 8 nitrogen and oxygen atoms in total. The van der Waals surface area contributed by atoms with Crippen molar-refractivity contribution in [2.24, 2.45) is 0 Å². The third-order valence-corrected chi connectivity index (χ3v) is 7.80. The Balaban J connectivity index is 1.42. The van der Waals surface area contributed by atoms with Gasteiger partial charge in [-0.1, -0.05) is 35.9 Å². The molecule has 33 heavy (non-hydrogen) atoms. The number of esters is 1. The average molecular weight is 489 g/mol. The number of nitrogens with one attached hydrogen (secondary N) is 1. The Labute approximate surface area is 196 Å². The molecule has 0 bridgehead atoms. The molecule has 0 spiro atoms. The lowest BCUT2D eigenvalue weighted by Crippen LogP contribution is -2.29. The first kappa shape index (κ1) is 24.3. The molecule has 0 saturated heterocycles. The van der Waals surface area contributed by atoms with Crippen molar-refractivity contribution in [1.82, 2.24) is 5.32 Å². The van der Waals surface area contributed by atoms with Crippen molar-refractivity contribution < 1.29 is 27.5 Å². The molecule has 0 fully saturated rings. The Kier molecular flexibility index (Phi) is 8.07. The predicted molar refractivity (Wildman–Crippen MR) is 126 cm³/mol. The Morgan fingerprint density at radius 3 is 2.33 bits per heavy atom. The minimum atomic E-state index is -3.63. The van der Waals surface area contributed by atoms with Crippen molar-refractivity contribution in [3.05, 3.63) is 77.2 Å². The lowest BCUT2D eigenvalue weighted by molar-refractivity contribution is -0.150. The molecule has 1 aromatic heterocycles. The highest BCUT2D eigenvalue weighted by Crippen LogP contribution is 2.26. The van der Waals surface area contributed by atoms with Crippen LogP contribution < -0.4 is 14.4 Å². The molecule has 0 radical (unpaired) electrons. The minimum Gasteiger partial charge on any atom is -0.482 e. The monoisotopic (exact) mass is 488 g/mol. The maximum atomic E-state index is 12.6. The van der Waals surface area contributed by atoms with Gasteiger partial charge >= 0.3 is 5.97 Å². The number of carbonyl (C=O) groups is 2. The fraction of sp³-hybridized carbons (Fsp3) is 0.217. The van der Waals surface area contributed by atoms with Crippen LogP contribution in [0.5, 0.6) is 5.75 Å². The molecule has 0 aliphatic heterocycles. The van der Waals surface area contributed by atoms with Crippen molar-refractivity contribution in [1.29, 1.82) is 0 Å². The number of amides is 1. The van der Waals surface area contributed by atoms with Gasteiger partial charge in [0.05, 0.1) is 5.69 Å². The second-order valence-corrected chi connectivity index (χ2v) is 10.3. The van der Waals surface area contributed by atoms with Crippen LogP contribution in [0.4, 0.5) is 5.69 Å². The fourth-order valence-electron chi connectivity index (χ4n) is 2.72. The number of benzene rings is 2. The molecule has 10 heteroatoms. The predicted octanol–water partition coefficient (Wildman–Crippen LogP) is 3.12. The number of ether oxygens (including phenoxy) is 2. The highest BCUT2D eigenvalue weighted by Gasteiger charge is 2.22. The topological polar surface area (TPSA) is 102 Å². The molecular formula is C23H24N2O6S2. The Morgan fingerprint density at radius 1 is 1.00 bits per heavy atom. The van der Waals surface area contributed by atoms with Gasteiger partial charge in [0.2, 0.25) is 0 Å². The van der Waals surface area contributed by atoms with Gasteiger partial charge in [-0.2, -0.15) is 0 Å². The summed E-state index contributed by atoms with van der Waals surface area (Å²) >= 11 is 1.14. The van der Waals surface area contributed by atoms with Crippen LogP contribution in [0, 0.1) is 6.92 Å². The van der Waals surface area contributed by atoms with Gasteiger partial charge in [0, 0.05) is 13.6 Å². The molecule has 2 aromatic carbocycles. The van der Waals surface area contributed by atoms with Gasteiger partial charge in [0.25, 0.3) is 15.9 Å². The maximum Gasteiger partial charge on any atom is 0.344 e. The van der Waals surface area contributed by atoms with E-state index < -0.39 is 28.5 Å². The van der Waals surface area contributed by atoms with Crippen LogP contribution in [0.3, 0.4) is 0 Å². The Hall–Kier alpha value is -3.37. The third-order valence-electron chi connectivity index (χ3n) is 4.64. The van der Waals surface area contributed by atoms with Crippen molar-refractivity contribution >= 4 is 38.9 Å². The third kappa shape index (κ3) is 6.80. The fourth-order valence-corrected chi connectivity index (χ4v) is 5.08. The molecule has 0 atom stereocenters. The second-order valence-electron chi connectivity index (χ2n) is 7.11. The number of hydrogen-bond donors (Lipinski definition) is 1. The maximum absolute atomic E-state index is 12.6. The first-order valence-corrected chi connectivity index (χ1v) is 12.3. The molecule has 3 rings (SSSR count). The number of rotatable bonds is 10. The molecule has 1 heterocycles. The summed E-state index contributed by atoms with van der Waals surface area (Å²) in [6, 6.07) is 17.2. The zero-order chi connectivity index (χ0) is 23.8. The first-order valence-electron chi connectivity index (χ1n) is 9.99. The lowest BCUT2D eigenvalue weighted by Gasteiger charge is -2.18. The highest BCUT2D eigenvalue weighted by atomic mass is 32.2. The minimum absolute atomic E-state index is 0.246. The van der Waals surface area contributed by atoms with Crippen LogP contribution in [-0.2, 0) is 30.9 Å². The molecule has 0 aliphatic rings. The van der Waals surface area contributed by atoms with E-state index in [0.717, 1.165) is 22.5 Å². The lowest BCUT2D eigenvalue weighted by atomic mass is 10.1. The van der Waals surface area contributed by atoms with E-state index in [-0.39, 0.29) is 10.8 Å². The quantitative estimate of drug-likeness (QED) is 0.440. The average Bonchev–Trinajstić information content (AvgIpc) is 3.37. The Morgan fingerprint density at radius 2 is 1.70 bits per heavy atom. The summed E-state index contributed by atoms with van der Waals surface area (Å²) in [4.78, 5) is 23.7.